The molecule has 1 atom stereocenters. The molecule has 5 nitrogen and oxygen atoms in total. The fourth-order valence-corrected chi connectivity index (χ4v) is 1.21. The highest BCUT2D eigenvalue weighted by atomic mass is 32.1. The highest BCUT2D eigenvalue weighted by Crippen LogP contribution is 2.06. The first-order valence-electron chi connectivity index (χ1n) is 3.38. The molecule has 0 saturated carbocycles. The van der Waals surface area contributed by atoms with Gasteiger partial charge >= 0.3 is 0 Å². The second kappa shape index (κ2) is 3.06. The molecule has 2 amide bonds. The van der Waals surface area contributed by atoms with E-state index in [0.717, 1.165) is 0 Å². The molecule has 0 bridgehead atoms. The van der Waals surface area contributed by atoms with Gasteiger partial charge in [0.25, 0.3) is 5.91 Å². The summed E-state index contributed by atoms with van der Waals surface area (Å²) in [6, 6.07) is -0.569. The van der Waals surface area contributed by atoms with Crippen molar-refractivity contribution < 1.29 is 9.59 Å². The number of primary amides is 1. The van der Waals surface area contributed by atoms with Gasteiger partial charge in [-0.3, -0.25) is 14.5 Å². The van der Waals surface area contributed by atoms with Gasteiger partial charge < -0.3 is 11.1 Å². The Balaban J connectivity index is 2.65. The van der Waals surface area contributed by atoms with E-state index in [1.54, 1.807) is 7.05 Å². The summed E-state index contributed by atoms with van der Waals surface area (Å²) < 4.78 is 0. The van der Waals surface area contributed by atoms with Crippen molar-refractivity contribution in [1.82, 2.24) is 10.2 Å². The van der Waals surface area contributed by atoms with Gasteiger partial charge in [-0.05, 0) is 12.2 Å². The maximum absolute atomic E-state index is 11.2. The van der Waals surface area contributed by atoms with Crippen LogP contribution in [-0.2, 0) is 9.59 Å². The van der Waals surface area contributed by atoms with Crippen LogP contribution in [0.15, 0.2) is 0 Å². The van der Waals surface area contributed by atoms with E-state index in [1.807, 2.05) is 0 Å². The Morgan fingerprint density at radius 1 is 1.83 bits per heavy atom. The van der Waals surface area contributed by atoms with Crippen molar-refractivity contribution in [2.75, 3.05) is 7.05 Å². The molecule has 0 aromatic rings. The van der Waals surface area contributed by atoms with Crippen molar-refractivity contribution in [3.63, 3.8) is 0 Å². The standard InChI is InChI=1S/C6H9N3O2S/c1-9-5(11)3(2-4(7)10)8-6(9)12/h3H,2H2,1H3,(H2,7,10)(H,8,12). The van der Waals surface area contributed by atoms with Crippen molar-refractivity contribution in [2.45, 2.75) is 12.5 Å². The Labute approximate surface area is 74.9 Å². The molecule has 0 aliphatic carbocycles. The average Bonchev–Trinajstić information content (AvgIpc) is 2.17. The van der Waals surface area contributed by atoms with Crippen LogP contribution < -0.4 is 11.1 Å². The van der Waals surface area contributed by atoms with E-state index in [9.17, 15) is 9.59 Å². The van der Waals surface area contributed by atoms with Crippen LogP contribution in [0.5, 0.6) is 0 Å². The number of amides is 2. The quantitative estimate of drug-likeness (QED) is 0.520. The summed E-state index contributed by atoms with van der Waals surface area (Å²) in [6.07, 6.45) is -0.0106. The van der Waals surface area contributed by atoms with Crippen molar-refractivity contribution in [3.8, 4) is 0 Å². The zero-order valence-electron chi connectivity index (χ0n) is 6.53. The van der Waals surface area contributed by atoms with Crippen LogP contribution in [-0.4, -0.2) is 34.9 Å². The summed E-state index contributed by atoms with van der Waals surface area (Å²) in [5.74, 6) is -0.724. The maximum atomic E-state index is 11.2. The van der Waals surface area contributed by atoms with Gasteiger partial charge in [-0.2, -0.15) is 0 Å². The first-order valence-corrected chi connectivity index (χ1v) is 3.79. The predicted octanol–water partition coefficient (Wildman–Crippen LogP) is -1.42. The number of carbonyl (C=O) groups excluding carboxylic acids is 2. The molecule has 1 rings (SSSR count). The zero-order chi connectivity index (χ0) is 9.30. The Hall–Kier alpha value is -1.17. The van der Waals surface area contributed by atoms with Crippen LogP contribution in [0.3, 0.4) is 0 Å². The van der Waals surface area contributed by atoms with Gasteiger partial charge in [0.05, 0.1) is 6.42 Å². The lowest BCUT2D eigenvalue weighted by atomic mass is 10.2. The summed E-state index contributed by atoms with van der Waals surface area (Å²) in [4.78, 5) is 23.0. The van der Waals surface area contributed by atoms with Gasteiger partial charge in [0.15, 0.2) is 5.11 Å². The van der Waals surface area contributed by atoms with Gasteiger partial charge in [0, 0.05) is 7.05 Å². The zero-order valence-corrected chi connectivity index (χ0v) is 7.35. The van der Waals surface area contributed by atoms with E-state index in [1.165, 1.54) is 4.90 Å². The third-order valence-corrected chi connectivity index (χ3v) is 2.03. The topological polar surface area (TPSA) is 75.4 Å². The van der Waals surface area contributed by atoms with Gasteiger partial charge in [0.1, 0.15) is 6.04 Å². The molecule has 66 valence electrons. The van der Waals surface area contributed by atoms with Crippen molar-refractivity contribution in [3.05, 3.63) is 0 Å². The normalized spacial score (nSPS) is 22.8. The fraction of sp³-hybridized carbons (Fsp3) is 0.500. The first-order chi connectivity index (χ1) is 5.52. The molecule has 1 heterocycles. The maximum Gasteiger partial charge on any atom is 0.251 e. The number of nitrogens with two attached hydrogens (primary N) is 1. The first kappa shape index (κ1) is 8.92. The number of likely N-dealkylation sites (N-methyl/N-ethyl adjacent to an activating group) is 1. The summed E-state index contributed by atoms with van der Waals surface area (Å²) in [7, 11) is 1.55. The number of nitrogens with one attached hydrogen (secondary N) is 1. The molecule has 0 radical (unpaired) electrons. The Kier molecular flexibility index (Phi) is 2.27. The van der Waals surface area contributed by atoms with Crippen LogP contribution in [0.4, 0.5) is 0 Å². The van der Waals surface area contributed by atoms with E-state index in [-0.39, 0.29) is 12.3 Å². The molecule has 1 aliphatic heterocycles. The molecular formula is C6H9N3O2S. The molecule has 1 aliphatic rings. The highest BCUT2D eigenvalue weighted by molar-refractivity contribution is 7.80. The van der Waals surface area contributed by atoms with Gasteiger partial charge in [-0.15, -0.1) is 0 Å². The van der Waals surface area contributed by atoms with Gasteiger partial charge in [0.2, 0.25) is 5.91 Å². The van der Waals surface area contributed by atoms with E-state index in [4.69, 9.17) is 18.0 Å². The van der Waals surface area contributed by atoms with Crippen LogP contribution in [0, 0.1) is 0 Å². The number of rotatable bonds is 2. The van der Waals surface area contributed by atoms with E-state index < -0.39 is 11.9 Å². The van der Waals surface area contributed by atoms with Crippen LogP contribution in [0.1, 0.15) is 6.42 Å². The molecule has 1 saturated heterocycles. The second-order valence-corrected chi connectivity index (χ2v) is 2.96. The molecule has 12 heavy (non-hydrogen) atoms. The lowest BCUT2D eigenvalue weighted by Gasteiger charge is -2.04. The van der Waals surface area contributed by atoms with Gasteiger partial charge in [-0.25, -0.2) is 0 Å². The minimum absolute atomic E-state index is 0.0106. The second-order valence-electron chi connectivity index (χ2n) is 2.57. The molecule has 6 heteroatoms. The highest BCUT2D eigenvalue weighted by Gasteiger charge is 2.33. The SMILES string of the molecule is CN1C(=O)C(CC(N)=O)NC1=S. The third kappa shape index (κ3) is 1.53. The summed E-state index contributed by atoms with van der Waals surface area (Å²) >= 11 is 4.79. The lowest BCUT2D eigenvalue weighted by molar-refractivity contribution is -0.129. The molecule has 1 fully saturated rings. The minimum atomic E-state index is -0.569. The third-order valence-electron chi connectivity index (χ3n) is 1.64. The number of thiocarbonyl (C=S) groups is 1. The monoisotopic (exact) mass is 187 g/mol. The van der Waals surface area contributed by atoms with Crippen LogP contribution >= 0.6 is 12.2 Å². The van der Waals surface area contributed by atoms with Crippen LogP contribution in [0.25, 0.3) is 0 Å². The molecule has 1 unspecified atom stereocenters. The Morgan fingerprint density at radius 3 is 2.75 bits per heavy atom. The number of carbonyl (C=O) groups is 2. The Morgan fingerprint density at radius 2 is 2.42 bits per heavy atom. The summed E-state index contributed by atoms with van der Waals surface area (Å²) in [5, 5.41) is 3.03. The lowest BCUT2D eigenvalue weighted by Crippen LogP contribution is -2.33. The smallest absolute Gasteiger partial charge is 0.251 e. The largest absolute Gasteiger partial charge is 0.370 e. The summed E-state index contributed by atoms with van der Waals surface area (Å²) in [5.41, 5.74) is 4.93. The average molecular weight is 187 g/mol. The Bertz CT molecular complexity index is 251. The van der Waals surface area contributed by atoms with E-state index in [0.29, 0.717) is 5.11 Å². The van der Waals surface area contributed by atoms with E-state index >= 15 is 0 Å². The molecular weight excluding hydrogens is 178 g/mol. The molecule has 3 N–H and O–H groups in total. The summed E-state index contributed by atoms with van der Waals surface area (Å²) in [6.45, 7) is 0. The van der Waals surface area contributed by atoms with Crippen molar-refractivity contribution in [1.29, 1.82) is 0 Å². The predicted molar refractivity (Wildman–Crippen MR) is 46.1 cm³/mol. The molecule has 0 aromatic carbocycles. The number of hydrogen-bond acceptors (Lipinski definition) is 3. The molecule has 0 spiro atoms. The number of nitrogens with zero attached hydrogens (tertiary/aromatic N) is 1. The van der Waals surface area contributed by atoms with Gasteiger partial charge in [-0.1, -0.05) is 0 Å². The van der Waals surface area contributed by atoms with E-state index in [2.05, 4.69) is 5.32 Å². The van der Waals surface area contributed by atoms with Crippen molar-refractivity contribution in [2.24, 2.45) is 5.73 Å². The number of hydrogen-bond donors (Lipinski definition) is 2. The minimum Gasteiger partial charge on any atom is -0.370 e. The van der Waals surface area contributed by atoms with Crippen molar-refractivity contribution >= 4 is 29.1 Å². The van der Waals surface area contributed by atoms with Crippen LogP contribution in [0.2, 0.25) is 0 Å². The fourth-order valence-electron chi connectivity index (χ4n) is 0.981. The molecule has 0 aromatic heterocycles.